The molecule has 27 heavy (non-hydrogen) atoms. The van der Waals surface area contributed by atoms with Crippen LogP contribution in [0.2, 0.25) is 5.02 Å². The molecule has 0 aromatic heterocycles. The second-order valence-electron chi connectivity index (χ2n) is 6.82. The topological polar surface area (TPSA) is 47.9 Å². The lowest BCUT2D eigenvalue weighted by Crippen LogP contribution is -2.32. The van der Waals surface area contributed by atoms with E-state index in [1.807, 2.05) is 12.1 Å². The van der Waals surface area contributed by atoms with E-state index in [0.717, 1.165) is 17.6 Å². The van der Waals surface area contributed by atoms with Gasteiger partial charge in [0.05, 0.1) is 18.3 Å². The van der Waals surface area contributed by atoms with E-state index >= 15 is 0 Å². The highest BCUT2D eigenvalue weighted by Gasteiger charge is 2.42. The minimum atomic E-state index is -1.28. The Morgan fingerprint density at radius 3 is 2.81 bits per heavy atom. The Balaban J connectivity index is 1.64. The summed E-state index contributed by atoms with van der Waals surface area (Å²) in [6, 6.07) is 10.1. The van der Waals surface area contributed by atoms with Gasteiger partial charge in [-0.3, -0.25) is 0 Å². The molecule has 0 radical (unpaired) electrons. The molecule has 2 aromatic rings. The molecule has 0 aliphatic carbocycles. The highest BCUT2D eigenvalue weighted by molar-refractivity contribution is 6.30. The quantitative estimate of drug-likeness (QED) is 0.823. The third kappa shape index (κ3) is 3.43. The summed E-state index contributed by atoms with van der Waals surface area (Å²) >= 11 is 5.86. The lowest BCUT2D eigenvalue weighted by molar-refractivity contribution is -0.0708. The van der Waals surface area contributed by atoms with Crippen molar-refractivity contribution in [2.75, 3.05) is 13.2 Å². The molecule has 2 aliphatic heterocycles. The summed E-state index contributed by atoms with van der Waals surface area (Å²) in [7, 11) is 0. The van der Waals surface area contributed by atoms with Crippen LogP contribution in [0.25, 0.3) is 5.57 Å². The van der Waals surface area contributed by atoms with Gasteiger partial charge < -0.3 is 19.3 Å². The standard InChI is InChI=1S/C21H20ClFO4/c1-21(17-8-6-14(22)11-18(17)23)26-19-4-2-3-16(20(19)27-21)13-5-7-15(9-10-24)25-12-13/h2-6,8,11,15,24H,7,9-10,12H2,1H3/t15-,21-/m0/s1. The van der Waals surface area contributed by atoms with Gasteiger partial charge in [-0.05, 0) is 42.7 Å². The lowest BCUT2D eigenvalue weighted by atomic mass is 10.00. The molecule has 0 amide bonds. The average molecular weight is 391 g/mol. The number of fused-ring (bicyclic) bond motifs is 1. The summed E-state index contributed by atoms with van der Waals surface area (Å²) in [5, 5.41) is 9.38. The molecule has 0 bridgehead atoms. The molecule has 0 fully saturated rings. The minimum Gasteiger partial charge on any atom is -0.444 e. The molecule has 2 aromatic carbocycles. The first-order valence-corrected chi connectivity index (χ1v) is 9.26. The van der Waals surface area contributed by atoms with E-state index in [0.29, 0.717) is 29.5 Å². The number of ether oxygens (including phenoxy) is 3. The predicted molar refractivity (Wildman–Crippen MR) is 100 cm³/mol. The second kappa shape index (κ2) is 7.15. The van der Waals surface area contributed by atoms with E-state index in [1.165, 1.54) is 6.07 Å². The van der Waals surface area contributed by atoms with E-state index in [1.54, 1.807) is 25.1 Å². The third-order valence-electron chi connectivity index (χ3n) is 4.90. The maximum Gasteiger partial charge on any atom is 0.278 e. The first kappa shape index (κ1) is 18.3. The molecule has 142 valence electrons. The zero-order chi connectivity index (χ0) is 19.0. The summed E-state index contributed by atoms with van der Waals surface area (Å²) in [4.78, 5) is 0. The van der Waals surface area contributed by atoms with Crippen molar-refractivity contribution in [2.45, 2.75) is 31.7 Å². The van der Waals surface area contributed by atoms with Crippen molar-refractivity contribution in [3.8, 4) is 11.5 Å². The van der Waals surface area contributed by atoms with Crippen LogP contribution in [0.4, 0.5) is 4.39 Å². The zero-order valence-electron chi connectivity index (χ0n) is 14.9. The minimum absolute atomic E-state index is 0.0288. The molecule has 1 N–H and O–H groups in total. The maximum absolute atomic E-state index is 14.4. The van der Waals surface area contributed by atoms with Crippen molar-refractivity contribution >= 4 is 17.2 Å². The van der Waals surface area contributed by atoms with Gasteiger partial charge in [0, 0.05) is 24.1 Å². The second-order valence-corrected chi connectivity index (χ2v) is 7.25. The van der Waals surface area contributed by atoms with Crippen LogP contribution >= 0.6 is 11.6 Å². The van der Waals surface area contributed by atoms with E-state index in [4.69, 9.17) is 30.9 Å². The molecule has 6 heteroatoms. The Hall–Kier alpha value is -2.08. The van der Waals surface area contributed by atoms with E-state index in [2.05, 4.69) is 6.08 Å². The van der Waals surface area contributed by atoms with Gasteiger partial charge in [0.15, 0.2) is 11.5 Å². The first-order chi connectivity index (χ1) is 13.0. The van der Waals surface area contributed by atoms with E-state index in [-0.39, 0.29) is 18.3 Å². The number of aliphatic hydroxyl groups excluding tert-OH is 1. The molecule has 4 nitrogen and oxygen atoms in total. The largest absolute Gasteiger partial charge is 0.444 e. The number of halogens is 2. The normalized spacial score (nSPS) is 24.0. The molecule has 2 heterocycles. The molecular weight excluding hydrogens is 371 g/mol. The predicted octanol–water partition coefficient (Wildman–Crippen LogP) is 4.68. The van der Waals surface area contributed by atoms with Gasteiger partial charge in [-0.1, -0.05) is 29.8 Å². The lowest BCUT2D eigenvalue weighted by Gasteiger charge is -2.25. The Labute approximate surface area is 162 Å². The Kier molecular flexibility index (Phi) is 4.84. The van der Waals surface area contributed by atoms with E-state index < -0.39 is 11.6 Å². The monoisotopic (exact) mass is 390 g/mol. The molecule has 0 saturated heterocycles. The number of benzene rings is 2. The number of hydrogen-bond acceptors (Lipinski definition) is 4. The maximum atomic E-state index is 14.4. The molecule has 2 aliphatic rings. The fraction of sp³-hybridized carbons (Fsp3) is 0.333. The molecule has 2 atom stereocenters. The highest BCUT2D eigenvalue weighted by atomic mass is 35.5. The van der Waals surface area contributed by atoms with Crippen molar-refractivity contribution in [1.29, 1.82) is 0 Å². The first-order valence-electron chi connectivity index (χ1n) is 8.88. The summed E-state index contributed by atoms with van der Waals surface area (Å²) < 4.78 is 32.4. The van der Waals surface area contributed by atoms with Gasteiger partial charge in [-0.15, -0.1) is 0 Å². The van der Waals surface area contributed by atoms with E-state index in [9.17, 15) is 4.39 Å². The van der Waals surface area contributed by atoms with Crippen LogP contribution in [0.5, 0.6) is 11.5 Å². The SMILES string of the molecule is C[C@]1(c2ccc(Cl)cc2F)Oc2cccc(C3=CC[C@@H](CCO)OC3)c2O1. The number of aliphatic hydroxyl groups is 1. The van der Waals surface area contributed by atoms with Crippen molar-refractivity contribution in [2.24, 2.45) is 0 Å². The van der Waals surface area contributed by atoms with Gasteiger partial charge >= 0.3 is 0 Å². The molecule has 0 saturated carbocycles. The van der Waals surface area contributed by atoms with Gasteiger partial charge in [0.2, 0.25) is 0 Å². The van der Waals surface area contributed by atoms with Crippen LogP contribution < -0.4 is 9.47 Å². The van der Waals surface area contributed by atoms with Crippen LogP contribution in [0.1, 0.15) is 30.9 Å². The molecule has 4 rings (SSSR count). The summed E-state index contributed by atoms with van der Waals surface area (Å²) in [5.41, 5.74) is 2.14. The third-order valence-corrected chi connectivity index (χ3v) is 5.13. The summed E-state index contributed by atoms with van der Waals surface area (Å²) in [6.45, 7) is 2.22. The Morgan fingerprint density at radius 1 is 1.26 bits per heavy atom. The van der Waals surface area contributed by atoms with Gasteiger partial charge in [0.25, 0.3) is 5.79 Å². The summed E-state index contributed by atoms with van der Waals surface area (Å²) in [5.74, 6) is -0.623. The van der Waals surface area contributed by atoms with Crippen LogP contribution in [0.15, 0.2) is 42.5 Å². The number of hydrogen-bond donors (Lipinski definition) is 1. The van der Waals surface area contributed by atoms with Crippen LogP contribution in [0, 0.1) is 5.82 Å². The molecule has 0 unspecified atom stereocenters. The zero-order valence-corrected chi connectivity index (χ0v) is 15.6. The van der Waals surface area contributed by atoms with Crippen molar-refractivity contribution in [1.82, 2.24) is 0 Å². The van der Waals surface area contributed by atoms with Gasteiger partial charge in [0.1, 0.15) is 5.82 Å². The average Bonchev–Trinajstić information content (AvgIpc) is 2.99. The van der Waals surface area contributed by atoms with Crippen LogP contribution in [0.3, 0.4) is 0 Å². The fourth-order valence-corrected chi connectivity index (χ4v) is 3.65. The van der Waals surface area contributed by atoms with Crippen molar-refractivity contribution in [3.63, 3.8) is 0 Å². The fourth-order valence-electron chi connectivity index (χ4n) is 3.49. The van der Waals surface area contributed by atoms with Gasteiger partial charge in [-0.2, -0.15) is 0 Å². The summed E-state index contributed by atoms with van der Waals surface area (Å²) in [6.07, 6.45) is 3.47. The number of para-hydroxylation sites is 1. The Bertz CT molecular complexity index is 898. The smallest absolute Gasteiger partial charge is 0.278 e. The van der Waals surface area contributed by atoms with Crippen molar-refractivity contribution < 1.29 is 23.7 Å². The Morgan fingerprint density at radius 2 is 2.11 bits per heavy atom. The van der Waals surface area contributed by atoms with Crippen molar-refractivity contribution in [3.05, 3.63) is 64.4 Å². The molecule has 0 spiro atoms. The number of rotatable bonds is 4. The van der Waals surface area contributed by atoms with Gasteiger partial charge in [-0.25, -0.2) is 4.39 Å². The van der Waals surface area contributed by atoms with Crippen LogP contribution in [-0.2, 0) is 10.5 Å². The molecular formula is C21H20ClFO4. The van der Waals surface area contributed by atoms with Crippen LogP contribution in [-0.4, -0.2) is 24.4 Å². The highest BCUT2D eigenvalue weighted by Crippen LogP contribution is 2.48.